The van der Waals surface area contributed by atoms with Gasteiger partial charge in [0.1, 0.15) is 5.76 Å². The van der Waals surface area contributed by atoms with E-state index in [0.29, 0.717) is 26.6 Å². The summed E-state index contributed by atoms with van der Waals surface area (Å²) in [5.74, 6) is 0.935. The van der Waals surface area contributed by atoms with E-state index in [1.54, 1.807) is 12.1 Å². The maximum Gasteiger partial charge on any atom is 0.164 e. The molecule has 0 fully saturated rings. The molecule has 0 heterocycles. The number of halogens is 4. The van der Waals surface area contributed by atoms with E-state index in [4.69, 9.17) is 51.1 Å². The zero-order valence-electron chi connectivity index (χ0n) is 9.65. The van der Waals surface area contributed by atoms with Crippen LogP contribution >= 0.6 is 46.4 Å². The Morgan fingerprint density at radius 2 is 1.59 bits per heavy atom. The third-order valence-electron chi connectivity index (χ3n) is 2.01. The molecule has 17 heavy (non-hydrogen) atoms. The molecule has 0 atom stereocenters. The summed E-state index contributed by atoms with van der Waals surface area (Å²) in [5, 5.41) is 1.16. The highest BCUT2D eigenvalue weighted by molar-refractivity contribution is 6.40. The lowest BCUT2D eigenvalue weighted by atomic mass is 9.95. The first-order valence-electron chi connectivity index (χ1n) is 4.89. The van der Waals surface area contributed by atoms with Crippen LogP contribution in [-0.2, 0) is 0 Å². The molecule has 0 radical (unpaired) electrons. The van der Waals surface area contributed by atoms with Crippen LogP contribution in [0.4, 0.5) is 0 Å². The summed E-state index contributed by atoms with van der Waals surface area (Å²) in [7, 11) is 0. The zero-order chi connectivity index (χ0) is 13.2. The molecule has 0 saturated heterocycles. The monoisotopic (exact) mass is 312 g/mol. The van der Waals surface area contributed by atoms with E-state index in [0.717, 1.165) is 0 Å². The predicted molar refractivity (Wildman–Crippen MR) is 75.5 cm³/mol. The van der Waals surface area contributed by atoms with Gasteiger partial charge in [-0.2, -0.15) is 0 Å². The van der Waals surface area contributed by atoms with Crippen molar-refractivity contribution in [3.8, 4) is 5.75 Å². The van der Waals surface area contributed by atoms with Gasteiger partial charge in [0.05, 0.1) is 10.0 Å². The van der Waals surface area contributed by atoms with Crippen molar-refractivity contribution in [2.45, 2.75) is 20.8 Å². The number of ether oxygens (including phenoxy) is 1. The standard InChI is InChI=1S/C12H12Cl4O/c1-12(2,3)10(6-13)17-11-8(15)4-7(14)5-9(11)16/h4-6H,1-3H3/b10-6-. The van der Waals surface area contributed by atoms with Crippen LogP contribution in [-0.4, -0.2) is 0 Å². The Balaban J connectivity index is 3.12. The highest BCUT2D eigenvalue weighted by atomic mass is 35.5. The number of hydrogen-bond acceptors (Lipinski definition) is 1. The van der Waals surface area contributed by atoms with Crippen LogP contribution in [0, 0.1) is 5.41 Å². The van der Waals surface area contributed by atoms with Crippen LogP contribution in [0.15, 0.2) is 23.4 Å². The van der Waals surface area contributed by atoms with Crippen LogP contribution < -0.4 is 4.74 Å². The van der Waals surface area contributed by atoms with Crippen molar-refractivity contribution in [2.75, 3.05) is 0 Å². The van der Waals surface area contributed by atoms with Gasteiger partial charge in [-0.15, -0.1) is 0 Å². The molecule has 0 N–H and O–H groups in total. The Labute approximate surface area is 121 Å². The molecular weight excluding hydrogens is 302 g/mol. The first-order valence-corrected chi connectivity index (χ1v) is 6.46. The highest BCUT2D eigenvalue weighted by Gasteiger charge is 2.21. The molecule has 1 aromatic rings. The number of rotatable bonds is 2. The second-order valence-corrected chi connectivity index (χ2v) is 5.99. The van der Waals surface area contributed by atoms with Crippen molar-refractivity contribution in [3.05, 3.63) is 38.5 Å². The normalized spacial score (nSPS) is 12.8. The van der Waals surface area contributed by atoms with Crippen molar-refractivity contribution in [1.29, 1.82) is 0 Å². The molecule has 1 nitrogen and oxygen atoms in total. The molecule has 1 aromatic carbocycles. The van der Waals surface area contributed by atoms with Crippen molar-refractivity contribution < 1.29 is 4.74 Å². The third kappa shape index (κ3) is 3.96. The van der Waals surface area contributed by atoms with E-state index in [2.05, 4.69) is 0 Å². The summed E-state index contributed by atoms with van der Waals surface area (Å²) < 4.78 is 5.65. The Morgan fingerprint density at radius 1 is 1.12 bits per heavy atom. The third-order valence-corrected chi connectivity index (χ3v) is 2.99. The van der Waals surface area contributed by atoms with E-state index in [1.807, 2.05) is 20.8 Å². The summed E-state index contributed by atoms with van der Waals surface area (Å²) in [6.07, 6.45) is 0. The van der Waals surface area contributed by atoms with Gasteiger partial charge in [0.25, 0.3) is 0 Å². The summed E-state index contributed by atoms with van der Waals surface area (Å²) in [6, 6.07) is 3.14. The van der Waals surface area contributed by atoms with Crippen LogP contribution in [0.5, 0.6) is 5.75 Å². The maximum atomic E-state index is 6.02. The van der Waals surface area contributed by atoms with E-state index < -0.39 is 0 Å². The van der Waals surface area contributed by atoms with Gasteiger partial charge < -0.3 is 4.74 Å². The van der Waals surface area contributed by atoms with Crippen molar-refractivity contribution >= 4 is 46.4 Å². The van der Waals surface area contributed by atoms with Crippen molar-refractivity contribution in [1.82, 2.24) is 0 Å². The van der Waals surface area contributed by atoms with E-state index in [9.17, 15) is 0 Å². The molecule has 1 rings (SSSR count). The van der Waals surface area contributed by atoms with Gasteiger partial charge in [-0.05, 0) is 12.1 Å². The molecule has 0 unspecified atom stereocenters. The number of benzene rings is 1. The lowest BCUT2D eigenvalue weighted by Gasteiger charge is -2.23. The molecule has 94 valence electrons. The van der Waals surface area contributed by atoms with E-state index in [1.165, 1.54) is 5.54 Å². The molecule has 0 aliphatic carbocycles. The fraction of sp³-hybridized carbons (Fsp3) is 0.333. The van der Waals surface area contributed by atoms with Crippen LogP contribution in [0.1, 0.15) is 20.8 Å². The summed E-state index contributed by atoms with van der Waals surface area (Å²) in [5.41, 5.74) is 1.13. The van der Waals surface area contributed by atoms with Gasteiger partial charge in [-0.1, -0.05) is 67.2 Å². The summed E-state index contributed by atoms with van der Waals surface area (Å²) in [6.45, 7) is 5.91. The highest BCUT2D eigenvalue weighted by Crippen LogP contribution is 2.39. The molecule has 0 spiro atoms. The topological polar surface area (TPSA) is 9.23 Å². The Morgan fingerprint density at radius 3 is 1.94 bits per heavy atom. The second-order valence-electron chi connectivity index (χ2n) is 4.52. The largest absolute Gasteiger partial charge is 0.457 e. The first-order chi connectivity index (χ1) is 7.75. The average Bonchev–Trinajstić information content (AvgIpc) is 2.14. The second kappa shape index (κ2) is 5.71. The SMILES string of the molecule is CC(C)(C)/C(=C/Cl)Oc1c(Cl)cc(Cl)cc1Cl. The lowest BCUT2D eigenvalue weighted by molar-refractivity contribution is 0.295. The van der Waals surface area contributed by atoms with Gasteiger partial charge >= 0.3 is 0 Å². The summed E-state index contributed by atoms with van der Waals surface area (Å²) >= 11 is 23.6. The molecule has 5 heteroatoms. The lowest BCUT2D eigenvalue weighted by Crippen LogP contribution is -2.14. The van der Waals surface area contributed by atoms with Gasteiger partial charge in [0.15, 0.2) is 5.75 Å². The first kappa shape index (κ1) is 15.0. The van der Waals surface area contributed by atoms with E-state index in [-0.39, 0.29) is 5.41 Å². The fourth-order valence-electron chi connectivity index (χ4n) is 1.08. The van der Waals surface area contributed by atoms with Gasteiger partial charge in [-0.25, -0.2) is 0 Å². The number of hydrogen-bond donors (Lipinski definition) is 0. The average molecular weight is 314 g/mol. The zero-order valence-corrected chi connectivity index (χ0v) is 12.7. The minimum atomic E-state index is -0.242. The smallest absolute Gasteiger partial charge is 0.164 e. The number of allylic oxidation sites excluding steroid dienone is 1. The fourth-order valence-corrected chi connectivity index (χ4v) is 2.34. The van der Waals surface area contributed by atoms with Gasteiger partial charge in [0.2, 0.25) is 0 Å². The molecule has 0 aliphatic heterocycles. The van der Waals surface area contributed by atoms with Crippen LogP contribution in [0.2, 0.25) is 15.1 Å². The minimum absolute atomic E-state index is 0.242. The van der Waals surface area contributed by atoms with Crippen molar-refractivity contribution in [3.63, 3.8) is 0 Å². The Hall–Kier alpha value is -0.0800. The quantitative estimate of drug-likeness (QED) is 0.595. The Kier molecular flexibility index (Phi) is 5.03. The minimum Gasteiger partial charge on any atom is -0.457 e. The summed E-state index contributed by atoms with van der Waals surface area (Å²) in [4.78, 5) is 0. The van der Waals surface area contributed by atoms with Crippen LogP contribution in [0.3, 0.4) is 0 Å². The molecule has 0 amide bonds. The van der Waals surface area contributed by atoms with Gasteiger partial charge in [-0.3, -0.25) is 0 Å². The molecule has 0 bridgehead atoms. The van der Waals surface area contributed by atoms with Gasteiger partial charge in [0, 0.05) is 16.0 Å². The van der Waals surface area contributed by atoms with E-state index >= 15 is 0 Å². The molecule has 0 aliphatic rings. The molecular formula is C12H12Cl4O. The molecule has 0 saturated carbocycles. The van der Waals surface area contributed by atoms with Crippen LogP contribution in [0.25, 0.3) is 0 Å². The Bertz CT molecular complexity index is 423. The predicted octanol–water partition coefficient (Wildman–Crippen LogP) is 6.15. The maximum absolute atomic E-state index is 6.02. The molecule has 0 aromatic heterocycles. The van der Waals surface area contributed by atoms with Crippen molar-refractivity contribution in [2.24, 2.45) is 5.41 Å².